The fraction of sp³-hybridized carbons (Fsp3) is 0.348. The van der Waals surface area contributed by atoms with Gasteiger partial charge in [-0.15, -0.1) is 0 Å². The topological polar surface area (TPSA) is 96.5 Å². The predicted octanol–water partition coefficient (Wildman–Crippen LogP) is 3.81. The van der Waals surface area contributed by atoms with Crippen LogP contribution in [0.1, 0.15) is 55.1 Å². The van der Waals surface area contributed by atoms with Crippen molar-refractivity contribution in [2.24, 2.45) is 0 Å². The molecule has 0 aliphatic rings. The van der Waals surface area contributed by atoms with Crippen molar-refractivity contribution in [3.8, 4) is 0 Å². The lowest BCUT2D eigenvalue weighted by atomic mass is 10.0. The lowest BCUT2D eigenvalue weighted by molar-refractivity contribution is -0.119. The summed E-state index contributed by atoms with van der Waals surface area (Å²) in [4.78, 5) is 35.7. The molecular weight excluding hydrogens is 382 g/mol. The van der Waals surface area contributed by atoms with Crippen LogP contribution in [0, 0.1) is 0 Å². The van der Waals surface area contributed by atoms with Gasteiger partial charge >= 0.3 is 12.0 Å². The second kappa shape index (κ2) is 11.0. The molecule has 3 N–H and O–H groups in total. The minimum Gasteiger partial charge on any atom is -0.452 e. The van der Waals surface area contributed by atoms with Crippen LogP contribution in [0.2, 0.25) is 0 Å². The Hall–Kier alpha value is -3.35. The zero-order valence-electron chi connectivity index (χ0n) is 17.8. The number of esters is 1. The summed E-state index contributed by atoms with van der Waals surface area (Å²) in [6, 6.07) is 14.0. The highest BCUT2D eigenvalue weighted by atomic mass is 16.5. The van der Waals surface area contributed by atoms with Gasteiger partial charge in [-0.3, -0.25) is 4.79 Å². The van der Waals surface area contributed by atoms with Crippen molar-refractivity contribution in [1.82, 2.24) is 10.6 Å². The Kier molecular flexibility index (Phi) is 8.41. The van der Waals surface area contributed by atoms with E-state index in [0.717, 1.165) is 5.56 Å². The summed E-state index contributed by atoms with van der Waals surface area (Å²) in [6.07, 6.45) is 0. The van der Waals surface area contributed by atoms with Gasteiger partial charge < -0.3 is 20.7 Å². The molecule has 2 rings (SSSR count). The Bertz CT molecular complexity index is 859. The maximum Gasteiger partial charge on any atom is 0.338 e. The third-order valence-electron chi connectivity index (χ3n) is 4.26. The molecule has 7 heteroatoms. The van der Waals surface area contributed by atoms with E-state index in [-0.39, 0.29) is 18.7 Å². The molecule has 0 aliphatic carbocycles. The van der Waals surface area contributed by atoms with E-state index in [4.69, 9.17) is 4.74 Å². The molecule has 0 unspecified atom stereocenters. The summed E-state index contributed by atoms with van der Waals surface area (Å²) in [6.45, 7) is 7.92. The number of urea groups is 1. The molecule has 0 saturated carbocycles. The second-order valence-corrected chi connectivity index (χ2v) is 7.58. The fourth-order valence-electron chi connectivity index (χ4n) is 2.62. The van der Waals surface area contributed by atoms with Crippen molar-refractivity contribution in [3.05, 3.63) is 65.2 Å². The molecule has 2 aromatic carbocycles. The molecule has 3 amide bonds. The number of hydrogen-bond acceptors (Lipinski definition) is 4. The van der Waals surface area contributed by atoms with Crippen molar-refractivity contribution >= 4 is 23.6 Å². The first-order valence-corrected chi connectivity index (χ1v) is 9.95. The van der Waals surface area contributed by atoms with Crippen LogP contribution in [0.5, 0.6) is 0 Å². The summed E-state index contributed by atoms with van der Waals surface area (Å²) < 4.78 is 5.08. The van der Waals surface area contributed by atoms with E-state index < -0.39 is 11.9 Å². The zero-order valence-corrected chi connectivity index (χ0v) is 17.8. The SMILES string of the molecule is CC(C)NC(=O)NCc1ccc(C(=O)OCC(=O)Nc2ccc(C(C)C)cc2)cc1. The van der Waals surface area contributed by atoms with E-state index in [2.05, 4.69) is 29.8 Å². The third kappa shape index (κ3) is 7.58. The van der Waals surface area contributed by atoms with Gasteiger partial charge in [-0.25, -0.2) is 9.59 Å². The van der Waals surface area contributed by atoms with Crippen molar-refractivity contribution in [2.75, 3.05) is 11.9 Å². The Labute approximate surface area is 177 Å². The number of benzene rings is 2. The van der Waals surface area contributed by atoms with E-state index >= 15 is 0 Å². The highest BCUT2D eigenvalue weighted by Gasteiger charge is 2.11. The summed E-state index contributed by atoms with van der Waals surface area (Å²) in [7, 11) is 0. The average molecular weight is 412 g/mol. The monoisotopic (exact) mass is 411 g/mol. The van der Waals surface area contributed by atoms with Gasteiger partial charge in [-0.1, -0.05) is 38.1 Å². The van der Waals surface area contributed by atoms with Crippen molar-refractivity contribution in [2.45, 2.75) is 46.2 Å². The van der Waals surface area contributed by atoms with Crippen LogP contribution in [0.25, 0.3) is 0 Å². The molecule has 160 valence electrons. The maximum absolute atomic E-state index is 12.1. The van der Waals surface area contributed by atoms with E-state index in [1.54, 1.807) is 24.3 Å². The first kappa shape index (κ1) is 22.9. The van der Waals surface area contributed by atoms with Crippen LogP contribution in [0.3, 0.4) is 0 Å². The van der Waals surface area contributed by atoms with Crippen LogP contribution in [-0.2, 0) is 16.1 Å². The normalized spacial score (nSPS) is 10.6. The molecular formula is C23H29N3O4. The quantitative estimate of drug-likeness (QED) is 0.576. The van der Waals surface area contributed by atoms with Gasteiger partial charge in [-0.2, -0.15) is 0 Å². The number of carbonyl (C=O) groups is 3. The molecule has 0 spiro atoms. The van der Waals surface area contributed by atoms with Crippen LogP contribution in [0.15, 0.2) is 48.5 Å². The lowest BCUT2D eigenvalue weighted by Gasteiger charge is -2.10. The van der Waals surface area contributed by atoms with Gasteiger partial charge in [0.2, 0.25) is 0 Å². The minimum atomic E-state index is -0.586. The van der Waals surface area contributed by atoms with E-state index in [1.807, 2.05) is 38.1 Å². The molecule has 0 bridgehead atoms. The highest BCUT2D eigenvalue weighted by molar-refractivity contribution is 5.95. The molecule has 7 nitrogen and oxygen atoms in total. The van der Waals surface area contributed by atoms with Crippen molar-refractivity contribution in [3.63, 3.8) is 0 Å². The van der Waals surface area contributed by atoms with Crippen LogP contribution >= 0.6 is 0 Å². The average Bonchev–Trinajstić information content (AvgIpc) is 2.71. The number of amides is 3. The fourth-order valence-corrected chi connectivity index (χ4v) is 2.62. The molecule has 0 atom stereocenters. The number of nitrogens with one attached hydrogen (secondary N) is 3. The summed E-state index contributed by atoms with van der Waals surface area (Å²) in [5.74, 6) is -0.579. The molecule has 0 aliphatic heterocycles. The smallest absolute Gasteiger partial charge is 0.338 e. The van der Waals surface area contributed by atoms with E-state index in [0.29, 0.717) is 23.7 Å². The van der Waals surface area contributed by atoms with Gasteiger partial charge in [0, 0.05) is 18.3 Å². The minimum absolute atomic E-state index is 0.0544. The molecule has 0 fully saturated rings. The molecule has 2 aromatic rings. The molecule has 0 heterocycles. The number of rotatable bonds is 8. The highest BCUT2D eigenvalue weighted by Crippen LogP contribution is 2.17. The number of carbonyl (C=O) groups excluding carboxylic acids is 3. The van der Waals surface area contributed by atoms with E-state index in [9.17, 15) is 14.4 Å². The zero-order chi connectivity index (χ0) is 22.1. The van der Waals surface area contributed by atoms with Gasteiger partial charge in [-0.05, 0) is 55.2 Å². The second-order valence-electron chi connectivity index (χ2n) is 7.58. The summed E-state index contributed by atoms with van der Waals surface area (Å²) >= 11 is 0. The van der Waals surface area contributed by atoms with Crippen LogP contribution in [0.4, 0.5) is 10.5 Å². The number of anilines is 1. The Morgan fingerprint density at radius 1 is 0.900 bits per heavy atom. The van der Waals surface area contributed by atoms with Gasteiger partial charge in [0.15, 0.2) is 6.61 Å². The van der Waals surface area contributed by atoms with Crippen LogP contribution in [-0.4, -0.2) is 30.6 Å². The molecule has 0 radical (unpaired) electrons. The molecule has 30 heavy (non-hydrogen) atoms. The maximum atomic E-state index is 12.1. The number of ether oxygens (including phenoxy) is 1. The van der Waals surface area contributed by atoms with Crippen molar-refractivity contribution in [1.29, 1.82) is 0 Å². The van der Waals surface area contributed by atoms with Crippen molar-refractivity contribution < 1.29 is 19.1 Å². The predicted molar refractivity (Wildman–Crippen MR) is 116 cm³/mol. The molecule has 0 saturated heterocycles. The summed E-state index contributed by atoms with van der Waals surface area (Å²) in [5.41, 5.74) is 3.00. The summed E-state index contributed by atoms with van der Waals surface area (Å²) in [5, 5.41) is 8.17. The van der Waals surface area contributed by atoms with Gasteiger partial charge in [0.25, 0.3) is 5.91 Å². The Morgan fingerprint density at radius 3 is 2.10 bits per heavy atom. The van der Waals surface area contributed by atoms with E-state index in [1.165, 1.54) is 5.56 Å². The lowest BCUT2D eigenvalue weighted by Crippen LogP contribution is -2.39. The first-order valence-electron chi connectivity index (χ1n) is 9.95. The third-order valence-corrected chi connectivity index (χ3v) is 4.26. The standard InChI is InChI=1S/C23H29N3O4/c1-15(2)18-9-11-20(12-10-18)26-21(27)14-30-22(28)19-7-5-17(6-8-19)13-24-23(29)25-16(3)4/h5-12,15-16H,13-14H2,1-4H3,(H,26,27)(H2,24,25,29). The number of hydrogen-bond donors (Lipinski definition) is 3. The van der Waals surface area contributed by atoms with Gasteiger partial charge in [0.05, 0.1) is 5.56 Å². The van der Waals surface area contributed by atoms with Crippen LogP contribution < -0.4 is 16.0 Å². The Morgan fingerprint density at radius 2 is 1.53 bits per heavy atom. The van der Waals surface area contributed by atoms with Gasteiger partial charge in [0.1, 0.15) is 0 Å². The Balaban J connectivity index is 1.78. The largest absolute Gasteiger partial charge is 0.452 e. The molecule has 0 aromatic heterocycles. The first-order chi connectivity index (χ1) is 14.2.